The second kappa shape index (κ2) is 7.54. The number of ether oxygens (including phenoxy) is 1. The molecule has 0 fully saturated rings. The molecular formula is C18H23NO2S. The van der Waals surface area contributed by atoms with Gasteiger partial charge in [0.25, 0.3) is 0 Å². The van der Waals surface area contributed by atoms with Crippen LogP contribution in [-0.4, -0.2) is 17.6 Å². The van der Waals surface area contributed by atoms with Crippen molar-refractivity contribution in [3.8, 4) is 0 Å². The third-order valence-corrected chi connectivity index (χ3v) is 4.79. The number of thiazole rings is 1. The zero-order chi connectivity index (χ0) is 16.1. The highest BCUT2D eigenvalue weighted by Crippen LogP contribution is 2.33. The smallest absolute Gasteiger partial charge is 0.367 e. The van der Waals surface area contributed by atoms with Crippen LogP contribution in [0.15, 0.2) is 35.1 Å². The summed E-state index contributed by atoms with van der Waals surface area (Å²) in [6.45, 7) is 8.69. The Labute approximate surface area is 136 Å². The molecule has 22 heavy (non-hydrogen) atoms. The highest BCUT2D eigenvalue weighted by molar-refractivity contribution is 7.14. The SMILES string of the molecule is CCOC(=O)c1ncc(C2=C(C)C=C(CC)CC(CC)=C2)s1. The molecule has 0 atom stereocenters. The van der Waals surface area contributed by atoms with E-state index < -0.39 is 0 Å². The highest BCUT2D eigenvalue weighted by Gasteiger charge is 2.16. The van der Waals surface area contributed by atoms with Crippen LogP contribution in [-0.2, 0) is 4.74 Å². The number of hydrogen-bond acceptors (Lipinski definition) is 4. The van der Waals surface area contributed by atoms with Gasteiger partial charge in [-0.15, -0.1) is 11.3 Å². The predicted octanol–water partition coefficient (Wildman–Crippen LogP) is 5.17. The van der Waals surface area contributed by atoms with E-state index in [1.54, 1.807) is 13.1 Å². The molecule has 1 aliphatic carbocycles. The Morgan fingerprint density at radius 3 is 2.55 bits per heavy atom. The van der Waals surface area contributed by atoms with Crippen molar-refractivity contribution in [3.05, 3.63) is 45.0 Å². The number of carbonyl (C=O) groups excluding carboxylic acids is 1. The van der Waals surface area contributed by atoms with E-state index in [9.17, 15) is 4.79 Å². The normalized spacial score (nSPS) is 15.3. The van der Waals surface area contributed by atoms with Crippen LogP contribution in [0.4, 0.5) is 0 Å². The second-order valence-electron chi connectivity index (χ2n) is 5.34. The highest BCUT2D eigenvalue weighted by atomic mass is 32.1. The Kier molecular flexibility index (Phi) is 5.72. The number of aromatic nitrogens is 1. The minimum absolute atomic E-state index is 0.338. The maximum Gasteiger partial charge on any atom is 0.367 e. The molecule has 0 saturated carbocycles. The van der Waals surface area contributed by atoms with Crippen LogP contribution in [0.25, 0.3) is 5.57 Å². The summed E-state index contributed by atoms with van der Waals surface area (Å²) in [5.41, 5.74) is 5.29. The van der Waals surface area contributed by atoms with Crippen molar-refractivity contribution in [3.63, 3.8) is 0 Å². The van der Waals surface area contributed by atoms with Gasteiger partial charge in [0.15, 0.2) is 0 Å². The van der Waals surface area contributed by atoms with Gasteiger partial charge in [0.1, 0.15) is 0 Å². The molecule has 3 nitrogen and oxygen atoms in total. The van der Waals surface area contributed by atoms with Gasteiger partial charge in [0.2, 0.25) is 5.01 Å². The van der Waals surface area contributed by atoms with Crippen molar-refractivity contribution in [2.24, 2.45) is 0 Å². The summed E-state index contributed by atoms with van der Waals surface area (Å²) < 4.78 is 5.02. The van der Waals surface area contributed by atoms with Crippen LogP contribution in [0.3, 0.4) is 0 Å². The summed E-state index contributed by atoms with van der Waals surface area (Å²) >= 11 is 1.40. The van der Waals surface area contributed by atoms with E-state index in [4.69, 9.17) is 4.74 Å². The largest absolute Gasteiger partial charge is 0.461 e. The predicted molar refractivity (Wildman–Crippen MR) is 92.0 cm³/mol. The van der Waals surface area contributed by atoms with Gasteiger partial charge in [-0.2, -0.15) is 0 Å². The molecular weight excluding hydrogens is 294 g/mol. The van der Waals surface area contributed by atoms with Crippen LogP contribution < -0.4 is 0 Å². The quantitative estimate of drug-likeness (QED) is 0.703. The third-order valence-electron chi connectivity index (χ3n) is 3.78. The molecule has 2 rings (SSSR count). The first-order valence-corrected chi connectivity index (χ1v) is 8.63. The second-order valence-corrected chi connectivity index (χ2v) is 6.37. The van der Waals surface area contributed by atoms with E-state index in [1.165, 1.54) is 33.6 Å². The third kappa shape index (κ3) is 3.74. The molecule has 0 radical (unpaired) electrons. The minimum Gasteiger partial charge on any atom is -0.461 e. The van der Waals surface area contributed by atoms with E-state index in [2.05, 4.69) is 37.9 Å². The zero-order valence-electron chi connectivity index (χ0n) is 13.7. The van der Waals surface area contributed by atoms with Crippen molar-refractivity contribution >= 4 is 22.9 Å². The Balaban J connectivity index is 2.40. The maximum atomic E-state index is 11.8. The van der Waals surface area contributed by atoms with E-state index in [0.717, 1.165) is 24.1 Å². The number of esters is 1. The summed E-state index contributed by atoms with van der Waals surface area (Å²) in [4.78, 5) is 17.0. The number of nitrogens with zero attached hydrogens (tertiary/aromatic N) is 1. The average Bonchev–Trinajstić information content (AvgIpc) is 2.93. The van der Waals surface area contributed by atoms with Crippen molar-refractivity contribution in [2.45, 2.75) is 47.0 Å². The summed E-state index contributed by atoms with van der Waals surface area (Å²) in [6.07, 6.45) is 9.47. The zero-order valence-corrected chi connectivity index (χ0v) is 14.5. The van der Waals surface area contributed by atoms with E-state index >= 15 is 0 Å². The van der Waals surface area contributed by atoms with E-state index in [0.29, 0.717) is 11.6 Å². The first-order valence-electron chi connectivity index (χ1n) is 7.82. The van der Waals surface area contributed by atoms with Gasteiger partial charge in [0.05, 0.1) is 11.5 Å². The van der Waals surface area contributed by atoms with Crippen molar-refractivity contribution < 1.29 is 9.53 Å². The molecule has 1 heterocycles. The lowest BCUT2D eigenvalue weighted by molar-refractivity contribution is 0.0526. The minimum atomic E-state index is -0.338. The molecule has 0 saturated heterocycles. The van der Waals surface area contributed by atoms with Gasteiger partial charge in [-0.25, -0.2) is 9.78 Å². The summed E-state index contributed by atoms with van der Waals surface area (Å²) in [7, 11) is 0. The van der Waals surface area contributed by atoms with Gasteiger partial charge in [-0.1, -0.05) is 37.1 Å². The molecule has 4 heteroatoms. The van der Waals surface area contributed by atoms with Crippen LogP contribution in [0, 0.1) is 0 Å². The van der Waals surface area contributed by atoms with Gasteiger partial charge in [0, 0.05) is 6.20 Å². The molecule has 0 amide bonds. The molecule has 1 aromatic rings. The molecule has 1 aromatic heterocycles. The van der Waals surface area contributed by atoms with E-state index in [1.807, 2.05) is 0 Å². The van der Waals surface area contributed by atoms with Crippen LogP contribution in [0.1, 0.15) is 61.6 Å². The van der Waals surface area contributed by atoms with Gasteiger partial charge < -0.3 is 4.74 Å². The van der Waals surface area contributed by atoms with Crippen molar-refractivity contribution in [1.82, 2.24) is 4.98 Å². The molecule has 0 aliphatic heterocycles. The van der Waals surface area contributed by atoms with Crippen LogP contribution >= 0.6 is 11.3 Å². The van der Waals surface area contributed by atoms with Crippen molar-refractivity contribution in [1.29, 1.82) is 0 Å². The molecule has 0 unspecified atom stereocenters. The van der Waals surface area contributed by atoms with Crippen LogP contribution in [0.2, 0.25) is 0 Å². The molecule has 0 bridgehead atoms. The molecule has 0 N–H and O–H groups in total. The molecule has 118 valence electrons. The van der Waals surface area contributed by atoms with E-state index in [-0.39, 0.29) is 5.97 Å². The monoisotopic (exact) mass is 317 g/mol. The molecule has 0 aromatic carbocycles. The topological polar surface area (TPSA) is 39.2 Å². The van der Waals surface area contributed by atoms with Gasteiger partial charge >= 0.3 is 5.97 Å². The summed E-state index contributed by atoms with van der Waals surface area (Å²) in [6, 6.07) is 0. The maximum absolute atomic E-state index is 11.8. The molecule has 1 aliphatic rings. The Morgan fingerprint density at radius 2 is 1.91 bits per heavy atom. The lowest BCUT2D eigenvalue weighted by atomic mass is 10.0. The number of allylic oxidation sites excluding steroid dienone is 6. The number of carbonyl (C=O) groups is 1. The van der Waals surface area contributed by atoms with Gasteiger partial charge in [-0.05, 0) is 44.3 Å². The number of hydrogen-bond donors (Lipinski definition) is 0. The lowest BCUT2D eigenvalue weighted by Crippen LogP contribution is -2.03. The van der Waals surface area contributed by atoms with Crippen LogP contribution in [0.5, 0.6) is 0 Å². The Morgan fingerprint density at radius 1 is 1.23 bits per heavy atom. The number of rotatable bonds is 5. The fourth-order valence-corrected chi connectivity index (χ4v) is 3.39. The summed E-state index contributed by atoms with van der Waals surface area (Å²) in [5.74, 6) is -0.338. The van der Waals surface area contributed by atoms with Crippen molar-refractivity contribution in [2.75, 3.05) is 6.61 Å². The Hall–Kier alpha value is -1.68. The molecule has 0 spiro atoms. The standard InChI is InChI=1S/C18H23NO2S/c1-5-13-8-12(4)15(10-14(6-2)9-13)16-11-19-17(22-16)18(20)21-7-3/h8,10-11H,5-7,9H2,1-4H3. The fourth-order valence-electron chi connectivity index (χ4n) is 2.50. The Bertz CT molecular complexity index is 650. The first kappa shape index (κ1) is 16.7. The average molecular weight is 317 g/mol. The fraction of sp³-hybridized carbons (Fsp3) is 0.444. The summed E-state index contributed by atoms with van der Waals surface area (Å²) in [5, 5.41) is 0.424. The van der Waals surface area contributed by atoms with Gasteiger partial charge in [-0.3, -0.25) is 0 Å². The lowest BCUT2D eigenvalue weighted by Gasteiger charge is -2.05. The first-order chi connectivity index (χ1) is 10.6.